The zero-order valence-corrected chi connectivity index (χ0v) is 14.3. The summed E-state index contributed by atoms with van der Waals surface area (Å²) in [6, 6.07) is 6.81. The van der Waals surface area contributed by atoms with Gasteiger partial charge in [-0.25, -0.2) is 4.98 Å². The van der Waals surface area contributed by atoms with Gasteiger partial charge in [0, 0.05) is 30.5 Å². The van der Waals surface area contributed by atoms with Gasteiger partial charge >= 0.3 is 6.18 Å². The van der Waals surface area contributed by atoms with Gasteiger partial charge in [-0.1, -0.05) is 13.0 Å². The van der Waals surface area contributed by atoms with E-state index in [1.807, 2.05) is 19.1 Å². The lowest BCUT2D eigenvalue weighted by molar-refractivity contribution is -0.137. The third kappa shape index (κ3) is 3.09. The van der Waals surface area contributed by atoms with E-state index >= 15 is 0 Å². The summed E-state index contributed by atoms with van der Waals surface area (Å²) in [5.74, 6) is -0.0496. The van der Waals surface area contributed by atoms with Crippen molar-refractivity contribution >= 4 is 17.5 Å². The van der Waals surface area contributed by atoms with E-state index in [-0.39, 0.29) is 11.8 Å². The third-order valence-corrected chi connectivity index (χ3v) is 4.88. The van der Waals surface area contributed by atoms with Crippen molar-refractivity contribution in [3.8, 4) is 0 Å². The first kappa shape index (κ1) is 17.1. The number of hydrogen-bond acceptors (Lipinski definition) is 5. The molecule has 0 aliphatic carbocycles. The number of aromatic nitrogens is 2. The number of hydrogen-bond donors (Lipinski definition) is 3. The maximum Gasteiger partial charge on any atom is 0.421 e. The quantitative estimate of drug-likeness (QED) is 0.728. The standard InChI is InChI=1S/C18H20F3N5/c1-2-7-22-16-13(18(19,20)21)9-23-17(26-16)24-10-3-4-11-12(8-10)15-6-5-14(11)25-15/h3-4,8-9,14-15,25H,2,5-7H2,1H3,(H2,22,23,24,26)/t14-,15+/m0/s1. The van der Waals surface area contributed by atoms with Crippen molar-refractivity contribution in [1.82, 2.24) is 15.3 Å². The van der Waals surface area contributed by atoms with Gasteiger partial charge in [0.05, 0.1) is 0 Å². The number of nitrogens with zero attached hydrogens (tertiary/aromatic N) is 2. The van der Waals surface area contributed by atoms with Crippen molar-refractivity contribution in [3.63, 3.8) is 0 Å². The van der Waals surface area contributed by atoms with Crippen LogP contribution in [-0.2, 0) is 6.18 Å². The number of anilines is 3. The van der Waals surface area contributed by atoms with Gasteiger partial charge in [-0.05, 0) is 42.5 Å². The average molecular weight is 363 g/mol. The Kier molecular flexibility index (Phi) is 4.22. The average Bonchev–Trinajstić information content (AvgIpc) is 3.21. The Hall–Kier alpha value is -2.35. The third-order valence-electron chi connectivity index (χ3n) is 4.88. The summed E-state index contributed by atoms with van der Waals surface area (Å²) in [5.41, 5.74) is 2.49. The van der Waals surface area contributed by atoms with E-state index in [9.17, 15) is 13.2 Å². The van der Waals surface area contributed by atoms with Crippen molar-refractivity contribution in [2.24, 2.45) is 0 Å². The molecule has 3 heterocycles. The molecule has 0 saturated carbocycles. The van der Waals surface area contributed by atoms with E-state index in [2.05, 4.69) is 32.0 Å². The van der Waals surface area contributed by atoms with Crippen LogP contribution in [0.15, 0.2) is 24.4 Å². The van der Waals surface area contributed by atoms with Crippen molar-refractivity contribution < 1.29 is 13.2 Å². The van der Waals surface area contributed by atoms with Crippen LogP contribution < -0.4 is 16.0 Å². The first-order valence-corrected chi connectivity index (χ1v) is 8.80. The van der Waals surface area contributed by atoms with Gasteiger partial charge in [-0.15, -0.1) is 0 Å². The Bertz CT molecular complexity index is 821. The van der Waals surface area contributed by atoms with Crippen molar-refractivity contribution in [1.29, 1.82) is 0 Å². The van der Waals surface area contributed by atoms with Crippen LogP contribution in [0.1, 0.15) is 55.0 Å². The summed E-state index contributed by atoms with van der Waals surface area (Å²) in [7, 11) is 0. The highest BCUT2D eigenvalue weighted by Gasteiger charge is 2.36. The Morgan fingerprint density at radius 1 is 1.19 bits per heavy atom. The Labute approximate surface area is 149 Å². The number of alkyl halides is 3. The minimum atomic E-state index is -4.49. The van der Waals surface area contributed by atoms with Gasteiger partial charge in [0.25, 0.3) is 0 Å². The van der Waals surface area contributed by atoms with Crippen LogP contribution in [-0.4, -0.2) is 16.5 Å². The molecular formula is C18H20F3N5. The normalized spacial score (nSPS) is 20.9. The zero-order valence-electron chi connectivity index (χ0n) is 14.3. The van der Waals surface area contributed by atoms with Crippen LogP contribution in [0.3, 0.4) is 0 Å². The number of fused-ring (bicyclic) bond motifs is 5. The number of benzene rings is 1. The molecule has 8 heteroatoms. The van der Waals surface area contributed by atoms with Crippen molar-refractivity contribution in [2.75, 3.05) is 17.2 Å². The first-order valence-electron chi connectivity index (χ1n) is 8.80. The highest BCUT2D eigenvalue weighted by molar-refractivity contribution is 5.60. The van der Waals surface area contributed by atoms with Gasteiger partial charge in [-0.3, -0.25) is 0 Å². The fourth-order valence-corrected chi connectivity index (χ4v) is 3.66. The Morgan fingerprint density at radius 3 is 2.69 bits per heavy atom. The lowest BCUT2D eigenvalue weighted by Crippen LogP contribution is -2.15. The molecule has 1 saturated heterocycles. The molecule has 0 unspecified atom stereocenters. The van der Waals surface area contributed by atoms with Crippen LogP contribution >= 0.6 is 0 Å². The SMILES string of the molecule is CCCNc1nc(Nc2ccc3c(c2)[C@H]2CC[C@@H]3N2)ncc1C(F)(F)F. The first-order chi connectivity index (χ1) is 12.5. The molecule has 4 rings (SSSR count). The Balaban J connectivity index is 1.59. The molecule has 2 aliphatic heterocycles. The highest BCUT2D eigenvalue weighted by atomic mass is 19.4. The fourth-order valence-electron chi connectivity index (χ4n) is 3.66. The molecule has 0 spiro atoms. The summed E-state index contributed by atoms with van der Waals surface area (Å²) in [4.78, 5) is 7.90. The van der Waals surface area contributed by atoms with Gasteiger partial charge in [-0.2, -0.15) is 18.2 Å². The maximum atomic E-state index is 13.1. The molecule has 138 valence electrons. The summed E-state index contributed by atoms with van der Waals surface area (Å²) >= 11 is 0. The molecule has 2 bridgehead atoms. The molecule has 1 aromatic carbocycles. The molecule has 0 radical (unpaired) electrons. The zero-order chi connectivity index (χ0) is 18.3. The molecule has 26 heavy (non-hydrogen) atoms. The number of halogens is 3. The van der Waals surface area contributed by atoms with Crippen LogP contribution in [0.25, 0.3) is 0 Å². The predicted octanol–water partition coefficient (Wildman–Crippen LogP) is 4.54. The summed E-state index contributed by atoms with van der Waals surface area (Å²) in [6.45, 7) is 2.29. The van der Waals surface area contributed by atoms with E-state index in [0.29, 0.717) is 25.0 Å². The molecule has 1 fully saturated rings. The van der Waals surface area contributed by atoms with Crippen LogP contribution in [0, 0.1) is 0 Å². The minimum absolute atomic E-state index is 0.146. The Morgan fingerprint density at radius 2 is 1.96 bits per heavy atom. The molecule has 2 atom stereocenters. The van der Waals surface area contributed by atoms with Crippen LogP contribution in [0.4, 0.5) is 30.6 Å². The monoisotopic (exact) mass is 363 g/mol. The van der Waals surface area contributed by atoms with Gasteiger partial charge < -0.3 is 16.0 Å². The second-order valence-corrected chi connectivity index (χ2v) is 6.70. The molecule has 2 aromatic rings. The molecular weight excluding hydrogens is 343 g/mol. The van der Waals surface area contributed by atoms with E-state index in [4.69, 9.17) is 0 Å². The predicted molar refractivity (Wildman–Crippen MR) is 93.4 cm³/mol. The summed E-state index contributed by atoms with van der Waals surface area (Å²) in [6.07, 6.45) is -0.705. The van der Waals surface area contributed by atoms with Crippen molar-refractivity contribution in [3.05, 3.63) is 41.1 Å². The topological polar surface area (TPSA) is 61.9 Å². The number of rotatable bonds is 5. The van der Waals surface area contributed by atoms with Crippen LogP contribution in [0.5, 0.6) is 0 Å². The summed E-state index contributed by atoms with van der Waals surface area (Å²) in [5, 5.41) is 9.32. The van der Waals surface area contributed by atoms with E-state index in [0.717, 1.165) is 24.7 Å². The highest BCUT2D eigenvalue weighted by Crippen LogP contribution is 2.45. The summed E-state index contributed by atoms with van der Waals surface area (Å²) < 4.78 is 39.4. The van der Waals surface area contributed by atoms with E-state index in [1.165, 1.54) is 11.1 Å². The minimum Gasteiger partial charge on any atom is -0.369 e. The van der Waals surface area contributed by atoms with Gasteiger partial charge in [0.2, 0.25) is 5.95 Å². The lowest BCUT2D eigenvalue weighted by Gasteiger charge is -2.16. The number of nitrogens with one attached hydrogen (secondary N) is 3. The van der Waals surface area contributed by atoms with E-state index in [1.54, 1.807) is 0 Å². The largest absolute Gasteiger partial charge is 0.421 e. The second-order valence-electron chi connectivity index (χ2n) is 6.70. The second kappa shape index (κ2) is 6.42. The van der Waals surface area contributed by atoms with Gasteiger partial charge in [0.15, 0.2) is 0 Å². The smallest absolute Gasteiger partial charge is 0.369 e. The van der Waals surface area contributed by atoms with Crippen molar-refractivity contribution in [2.45, 2.75) is 44.4 Å². The molecule has 3 N–H and O–H groups in total. The lowest BCUT2D eigenvalue weighted by atomic mass is 9.91. The van der Waals surface area contributed by atoms with E-state index < -0.39 is 11.7 Å². The fraction of sp³-hybridized carbons (Fsp3) is 0.444. The van der Waals surface area contributed by atoms with Crippen LogP contribution in [0.2, 0.25) is 0 Å². The molecule has 5 nitrogen and oxygen atoms in total. The van der Waals surface area contributed by atoms with Gasteiger partial charge in [0.1, 0.15) is 11.4 Å². The molecule has 2 aliphatic rings. The molecule has 0 amide bonds. The maximum absolute atomic E-state index is 13.1. The molecule has 1 aromatic heterocycles.